The Morgan fingerprint density at radius 3 is 1.17 bits per heavy atom. The van der Waals surface area contributed by atoms with Crippen LogP contribution in [0.25, 0.3) is 0 Å². The molecule has 0 atom stereocenters. The van der Waals surface area contributed by atoms with Crippen LogP contribution in [0, 0.1) is 0 Å². The van der Waals surface area contributed by atoms with E-state index in [9.17, 15) is 0 Å². The van der Waals surface area contributed by atoms with Crippen LogP contribution in [0.2, 0.25) is 0 Å². The summed E-state index contributed by atoms with van der Waals surface area (Å²) in [6, 6.07) is 0. The third kappa shape index (κ3) is 45.2. The molecule has 1 aliphatic rings. The lowest BCUT2D eigenvalue weighted by molar-refractivity contribution is 0.630. The fraction of sp³-hybridized carbons (Fsp3) is 1.00. The molecule has 0 amide bonds. The smallest absolute Gasteiger partial charge is 0.168 e. The molecule has 0 bridgehead atoms. The highest BCUT2D eigenvalue weighted by Crippen LogP contribution is 2.14. The van der Waals surface area contributed by atoms with Gasteiger partial charge in [0.2, 0.25) is 0 Å². The predicted octanol–water partition coefficient (Wildman–Crippen LogP) is 0.500. The second kappa shape index (κ2) is 4.82. The van der Waals surface area contributed by atoms with E-state index >= 15 is 0 Å². The van der Waals surface area contributed by atoms with E-state index in [2.05, 4.69) is 0 Å². The van der Waals surface area contributed by atoms with Gasteiger partial charge in [0, 0.05) is 0 Å². The van der Waals surface area contributed by atoms with Gasteiger partial charge in [0.15, 0.2) is 0 Å². The first kappa shape index (κ1) is 5.82. The number of hydrogen-bond donors (Lipinski definition) is 0. The van der Waals surface area contributed by atoms with Crippen LogP contribution >= 0.6 is 0 Å². The van der Waals surface area contributed by atoms with Gasteiger partial charge in [-0.2, -0.15) is 8.42 Å². The van der Waals surface area contributed by atoms with Crippen molar-refractivity contribution in [2.45, 2.75) is 19.3 Å². The van der Waals surface area contributed by atoms with E-state index in [1.54, 1.807) is 0 Å². The summed E-state index contributed by atoms with van der Waals surface area (Å²) in [7, 11) is 0. The zero-order chi connectivity index (χ0) is 4.83. The van der Waals surface area contributed by atoms with Gasteiger partial charge in [-0.25, -0.2) is 0 Å². The quantitative estimate of drug-likeness (QED) is 0.450. The van der Waals surface area contributed by atoms with Crippen molar-refractivity contribution < 1.29 is 8.42 Å². The molecule has 0 N–H and O–H groups in total. The summed E-state index contributed by atoms with van der Waals surface area (Å²) >= 11 is -0.750. The van der Waals surface area contributed by atoms with Gasteiger partial charge in [0.1, 0.15) is 0 Å². The Balaban J connectivity index is 0.0000000833. The normalized spacial score (nSPS) is 14.0. The maximum atomic E-state index is 8.29. The fourth-order valence-corrected chi connectivity index (χ4v) is 0. The highest BCUT2D eigenvalue weighted by Gasteiger charge is 1.95. The van der Waals surface area contributed by atoms with E-state index in [0.717, 1.165) is 0 Å². The lowest BCUT2D eigenvalue weighted by atomic mass is 11.0. The molecule has 36 valence electrons. The van der Waals surface area contributed by atoms with Gasteiger partial charge >= 0.3 is 11.6 Å². The lowest BCUT2D eigenvalue weighted by Crippen LogP contribution is -1.18. The Bertz CT molecular complexity index is 51.1. The van der Waals surface area contributed by atoms with Crippen molar-refractivity contribution in [3.8, 4) is 0 Å². The molecule has 1 aliphatic carbocycles. The maximum Gasteiger partial charge on any atom is 0.335 e. The molecule has 0 radical (unpaired) electrons. The lowest BCUT2D eigenvalue weighted by Gasteiger charge is -1.05. The average molecular weight is 106 g/mol. The Hall–Kier alpha value is -0.180. The summed E-state index contributed by atoms with van der Waals surface area (Å²) in [6.07, 6.45) is 4.50. The van der Waals surface area contributed by atoms with E-state index in [0.29, 0.717) is 0 Å². The van der Waals surface area contributed by atoms with E-state index in [4.69, 9.17) is 8.42 Å². The zero-order valence-electron chi connectivity index (χ0n) is 3.35. The summed E-state index contributed by atoms with van der Waals surface area (Å²) in [5.41, 5.74) is 0. The molecule has 1 saturated carbocycles. The second-order valence-corrected chi connectivity index (χ2v) is 1.26. The standard InChI is InChI=1S/C3H6.O2S/c1-2-3-1;1-3-2/h1-3H2;. The third-order valence-corrected chi connectivity index (χ3v) is 0.354. The van der Waals surface area contributed by atoms with Crippen molar-refractivity contribution in [2.75, 3.05) is 0 Å². The van der Waals surface area contributed by atoms with Gasteiger partial charge in [0.05, 0.1) is 0 Å². The minimum atomic E-state index is -0.750. The fourth-order valence-electron chi connectivity index (χ4n) is 0. The van der Waals surface area contributed by atoms with Gasteiger partial charge in [-0.15, -0.1) is 0 Å². The second-order valence-electron chi connectivity index (χ2n) is 1.13. The van der Waals surface area contributed by atoms with Crippen molar-refractivity contribution in [3.63, 3.8) is 0 Å². The SMILES string of the molecule is C1CC1.O=S=O. The van der Waals surface area contributed by atoms with E-state index in [-0.39, 0.29) is 0 Å². The van der Waals surface area contributed by atoms with Crippen LogP contribution < -0.4 is 0 Å². The predicted molar refractivity (Wildman–Crippen MR) is 22.8 cm³/mol. The minimum Gasteiger partial charge on any atom is -0.168 e. The monoisotopic (exact) mass is 106 g/mol. The van der Waals surface area contributed by atoms with Crippen LogP contribution in [0.5, 0.6) is 0 Å². The van der Waals surface area contributed by atoms with E-state index in [1.165, 1.54) is 19.3 Å². The van der Waals surface area contributed by atoms with E-state index < -0.39 is 11.6 Å². The Morgan fingerprint density at radius 1 is 1.00 bits per heavy atom. The maximum absolute atomic E-state index is 8.29. The molecule has 0 aromatic heterocycles. The first-order valence-corrected chi connectivity index (χ1v) is 2.50. The molecule has 1 fully saturated rings. The van der Waals surface area contributed by atoms with Gasteiger partial charge in [-0.05, 0) is 0 Å². The summed E-state index contributed by atoms with van der Waals surface area (Å²) < 4.78 is 16.6. The molecular formula is C3H6O2S. The van der Waals surface area contributed by atoms with Gasteiger partial charge in [-0.3, -0.25) is 0 Å². The minimum absolute atomic E-state index is 0.750. The van der Waals surface area contributed by atoms with Crippen molar-refractivity contribution in [2.24, 2.45) is 0 Å². The zero-order valence-corrected chi connectivity index (χ0v) is 4.16. The topological polar surface area (TPSA) is 34.1 Å². The third-order valence-electron chi connectivity index (χ3n) is 0.354. The van der Waals surface area contributed by atoms with Gasteiger partial charge in [0.25, 0.3) is 0 Å². The highest BCUT2D eigenvalue weighted by atomic mass is 32.1. The largest absolute Gasteiger partial charge is 0.335 e. The summed E-state index contributed by atoms with van der Waals surface area (Å²) in [6.45, 7) is 0. The molecule has 0 unspecified atom stereocenters. The van der Waals surface area contributed by atoms with Crippen LogP contribution in [-0.2, 0) is 11.6 Å². The summed E-state index contributed by atoms with van der Waals surface area (Å²) in [5, 5.41) is 0. The molecule has 0 aromatic carbocycles. The van der Waals surface area contributed by atoms with Crippen molar-refractivity contribution in [1.29, 1.82) is 0 Å². The van der Waals surface area contributed by atoms with Crippen LogP contribution in [-0.4, -0.2) is 8.42 Å². The van der Waals surface area contributed by atoms with E-state index in [1.807, 2.05) is 0 Å². The number of hydrogen-bond acceptors (Lipinski definition) is 2. The van der Waals surface area contributed by atoms with Crippen molar-refractivity contribution >= 4 is 11.6 Å². The molecule has 0 aromatic rings. The van der Waals surface area contributed by atoms with Crippen LogP contribution in [0.3, 0.4) is 0 Å². The average Bonchev–Trinajstić information content (AvgIpc) is 2.11. The Labute approximate surface area is 40.2 Å². The first-order chi connectivity index (χ1) is 2.91. The molecule has 1 rings (SSSR count). The van der Waals surface area contributed by atoms with Crippen LogP contribution in [0.1, 0.15) is 19.3 Å². The van der Waals surface area contributed by atoms with Gasteiger partial charge in [-0.1, -0.05) is 19.3 Å². The molecule has 0 spiro atoms. The molecule has 2 nitrogen and oxygen atoms in total. The highest BCUT2D eigenvalue weighted by molar-refractivity contribution is 7.51. The molecule has 0 aliphatic heterocycles. The molecule has 0 heterocycles. The summed E-state index contributed by atoms with van der Waals surface area (Å²) in [5.74, 6) is 0. The van der Waals surface area contributed by atoms with Crippen molar-refractivity contribution in [3.05, 3.63) is 0 Å². The van der Waals surface area contributed by atoms with Crippen LogP contribution in [0.4, 0.5) is 0 Å². The number of rotatable bonds is 0. The molecule has 0 saturated heterocycles. The molecule has 6 heavy (non-hydrogen) atoms. The Morgan fingerprint density at radius 2 is 1.17 bits per heavy atom. The molecule has 3 heteroatoms. The van der Waals surface area contributed by atoms with Gasteiger partial charge < -0.3 is 0 Å². The first-order valence-electron chi connectivity index (χ1n) is 1.83. The van der Waals surface area contributed by atoms with Crippen molar-refractivity contribution in [1.82, 2.24) is 0 Å². The Kier molecular flexibility index (Phi) is 4.68. The summed E-state index contributed by atoms with van der Waals surface area (Å²) in [4.78, 5) is 0. The molecular weight excluding hydrogens is 100 g/mol. The van der Waals surface area contributed by atoms with Crippen LogP contribution in [0.15, 0.2) is 0 Å².